The van der Waals surface area contributed by atoms with E-state index in [-0.39, 0.29) is 11.5 Å². The number of amides is 1. The van der Waals surface area contributed by atoms with E-state index in [9.17, 15) is 9.59 Å². The van der Waals surface area contributed by atoms with Gasteiger partial charge in [-0.25, -0.2) is 4.98 Å². The summed E-state index contributed by atoms with van der Waals surface area (Å²) in [5.74, 6) is -0.247. The van der Waals surface area contributed by atoms with Crippen LogP contribution in [0.4, 0.5) is 0 Å². The number of hydrogen-bond donors (Lipinski definition) is 1. The minimum atomic E-state index is -0.247. The largest absolute Gasteiger partial charge is 0.354 e. The van der Waals surface area contributed by atoms with Crippen LogP contribution in [0.5, 0.6) is 0 Å². The van der Waals surface area contributed by atoms with Crippen LogP contribution in [0.1, 0.15) is 21.6 Å². The zero-order valence-corrected chi connectivity index (χ0v) is 14.6. The van der Waals surface area contributed by atoms with E-state index >= 15 is 0 Å². The second-order valence-electron chi connectivity index (χ2n) is 6.27. The van der Waals surface area contributed by atoms with Gasteiger partial charge in [0.2, 0.25) is 0 Å². The van der Waals surface area contributed by atoms with E-state index in [0.29, 0.717) is 28.9 Å². The lowest BCUT2D eigenvalue weighted by atomic mass is 10.2. The Bertz CT molecular complexity index is 1190. The molecule has 0 spiro atoms. The van der Waals surface area contributed by atoms with Gasteiger partial charge in [0.05, 0.1) is 5.39 Å². The highest BCUT2D eigenvalue weighted by atomic mass is 16.2. The number of pyridine rings is 1. The van der Waals surface area contributed by atoms with E-state index < -0.39 is 0 Å². The lowest BCUT2D eigenvalue weighted by Gasteiger charge is -2.10. The van der Waals surface area contributed by atoms with E-state index in [2.05, 4.69) is 10.3 Å². The summed E-state index contributed by atoms with van der Waals surface area (Å²) in [6.45, 7) is 2.38. The van der Waals surface area contributed by atoms with Crippen molar-refractivity contribution in [3.63, 3.8) is 0 Å². The van der Waals surface area contributed by atoms with E-state index in [1.165, 1.54) is 4.40 Å². The Morgan fingerprint density at radius 2 is 1.92 bits per heavy atom. The Kier molecular flexibility index (Phi) is 3.80. The smallest absolute Gasteiger partial charge is 0.267 e. The molecule has 26 heavy (non-hydrogen) atoms. The van der Waals surface area contributed by atoms with Crippen LogP contribution in [0.3, 0.4) is 0 Å². The van der Waals surface area contributed by atoms with Crippen molar-refractivity contribution in [3.8, 4) is 0 Å². The predicted octanol–water partition coefficient (Wildman–Crippen LogP) is 2.37. The Labute approximate surface area is 149 Å². The van der Waals surface area contributed by atoms with Gasteiger partial charge in [0, 0.05) is 19.8 Å². The standard InChI is InChI=1S/C20H18N4O2/c1-13-8-9-17-22-18-15(20(26)24(17)11-13)10-16(19(25)21-2)23(18)12-14-6-4-3-5-7-14/h3-11H,12H2,1-2H3,(H,21,25). The molecular formula is C20H18N4O2. The van der Waals surface area contributed by atoms with Gasteiger partial charge < -0.3 is 9.88 Å². The topological polar surface area (TPSA) is 68.4 Å². The molecule has 4 aromatic rings. The second kappa shape index (κ2) is 6.15. The minimum absolute atomic E-state index is 0.175. The number of rotatable bonds is 3. The van der Waals surface area contributed by atoms with Gasteiger partial charge in [0.15, 0.2) is 0 Å². The molecule has 0 saturated heterocycles. The summed E-state index contributed by atoms with van der Waals surface area (Å²) in [7, 11) is 1.58. The molecule has 0 unspecified atom stereocenters. The predicted molar refractivity (Wildman–Crippen MR) is 101 cm³/mol. The first kappa shape index (κ1) is 16.1. The average molecular weight is 346 g/mol. The molecule has 0 aliphatic carbocycles. The van der Waals surface area contributed by atoms with Crippen LogP contribution in [0.25, 0.3) is 16.7 Å². The first-order chi connectivity index (χ1) is 12.6. The van der Waals surface area contributed by atoms with Crippen molar-refractivity contribution in [3.05, 3.63) is 81.9 Å². The van der Waals surface area contributed by atoms with Crippen molar-refractivity contribution in [2.75, 3.05) is 7.05 Å². The maximum absolute atomic E-state index is 12.9. The molecule has 0 aliphatic heterocycles. The molecule has 0 atom stereocenters. The number of nitrogens with one attached hydrogen (secondary N) is 1. The second-order valence-corrected chi connectivity index (χ2v) is 6.27. The maximum Gasteiger partial charge on any atom is 0.267 e. The molecule has 1 amide bonds. The molecule has 1 aromatic carbocycles. The Morgan fingerprint density at radius 3 is 2.65 bits per heavy atom. The zero-order chi connectivity index (χ0) is 18.3. The zero-order valence-electron chi connectivity index (χ0n) is 14.6. The number of hydrogen-bond acceptors (Lipinski definition) is 3. The number of carbonyl (C=O) groups is 1. The van der Waals surface area contributed by atoms with Crippen molar-refractivity contribution in [2.24, 2.45) is 0 Å². The van der Waals surface area contributed by atoms with Crippen molar-refractivity contribution < 1.29 is 4.79 Å². The Hall–Kier alpha value is -3.41. The van der Waals surface area contributed by atoms with E-state index in [4.69, 9.17) is 0 Å². The lowest BCUT2D eigenvalue weighted by molar-refractivity contribution is 0.0954. The van der Waals surface area contributed by atoms with Crippen LogP contribution in [-0.4, -0.2) is 26.9 Å². The fourth-order valence-electron chi connectivity index (χ4n) is 3.15. The van der Waals surface area contributed by atoms with Gasteiger partial charge in [0.1, 0.15) is 17.0 Å². The van der Waals surface area contributed by atoms with Crippen molar-refractivity contribution in [1.29, 1.82) is 0 Å². The maximum atomic E-state index is 12.9. The normalized spacial score (nSPS) is 11.2. The molecule has 6 heteroatoms. The first-order valence-electron chi connectivity index (χ1n) is 8.37. The van der Waals surface area contributed by atoms with Crippen LogP contribution in [-0.2, 0) is 6.54 Å². The summed E-state index contributed by atoms with van der Waals surface area (Å²) in [5.41, 5.74) is 3.32. The highest BCUT2D eigenvalue weighted by Crippen LogP contribution is 2.19. The third-order valence-corrected chi connectivity index (χ3v) is 4.46. The summed E-state index contributed by atoms with van der Waals surface area (Å²) in [6, 6.07) is 15.2. The van der Waals surface area contributed by atoms with Crippen LogP contribution < -0.4 is 10.9 Å². The summed E-state index contributed by atoms with van der Waals surface area (Å²) >= 11 is 0. The molecule has 4 rings (SSSR count). The Morgan fingerprint density at radius 1 is 1.15 bits per heavy atom. The molecule has 1 N–H and O–H groups in total. The number of carbonyl (C=O) groups excluding carboxylic acids is 1. The molecule has 130 valence electrons. The number of aryl methyl sites for hydroxylation is 1. The molecule has 0 fully saturated rings. The van der Waals surface area contributed by atoms with Gasteiger partial charge in [-0.2, -0.15) is 0 Å². The highest BCUT2D eigenvalue weighted by Gasteiger charge is 2.19. The first-order valence-corrected chi connectivity index (χ1v) is 8.37. The van der Waals surface area contributed by atoms with Crippen molar-refractivity contribution >= 4 is 22.6 Å². The van der Waals surface area contributed by atoms with Gasteiger partial charge in [-0.1, -0.05) is 36.4 Å². The van der Waals surface area contributed by atoms with Crippen LogP contribution >= 0.6 is 0 Å². The van der Waals surface area contributed by atoms with Crippen molar-refractivity contribution in [2.45, 2.75) is 13.5 Å². The fraction of sp³-hybridized carbons (Fsp3) is 0.150. The summed E-state index contributed by atoms with van der Waals surface area (Å²) < 4.78 is 3.32. The lowest BCUT2D eigenvalue weighted by Crippen LogP contribution is -2.22. The number of benzene rings is 1. The monoisotopic (exact) mass is 346 g/mol. The SMILES string of the molecule is CNC(=O)c1cc2c(=O)n3cc(C)ccc3nc2n1Cc1ccccc1. The van der Waals surface area contributed by atoms with Crippen molar-refractivity contribution in [1.82, 2.24) is 19.3 Å². The van der Waals surface area contributed by atoms with Crippen LogP contribution in [0, 0.1) is 6.92 Å². The van der Waals surface area contributed by atoms with Crippen LogP contribution in [0.2, 0.25) is 0 Å². The van der Waals surface area contributed by atoms with Crippen LogP contribution in [0.15, 0.2) is 59.5 Å². The minimum Gasteiger partial charge on any atom is -0.354 e. The van der Waals surface area contributed by atoms with Gasteiger partial charge in [0.25, 0.3) is 11.5 Å². The molecule has 3 heterocycles. The van der Waals surface area contributed by atoms with E-state index in [1.807, 2.05) is 49.4 Å². The number of aromatic nitrogens is 3. The summed E-state index contributed by atoms with van der Waals surface area (Å²) in [6.07, 6.45) is 1.76. The summed E-state index contributed by atoms with van der Waals surface area (Å²) in [5, 5.41) is 3.08. The number of nitrogens with zero attached hydrogens (tertiary/aromatic N) is 3. The molecule has 6 nitrogen and oxygen atoms in total. The third kappa shape index (κ3) is 2.56. The van der Waals surface area contributed by atoms with Gasteiger partial charge >= 0.3 is 0 Å². The van der Waals surface area contributed by atoms with Gasteiger partial charge in [-0.3, -0.25) is 14.0 Å². The molecular weight excluding hydrogens is 328 g/mol. The molecule has 0 saturated carbocycles. The molecule has 0 bridgehead atoms. The molecule has 0 aliphatic rings. The fourth-order valence-corrected chi connectivity index (χ4v) is 3.15. The Balaban J connectivity index is 2.03. The third-order valence-electron chi connectivity index (χ3n) is 4.46. The van der Waals surface area contributed by atoms with Gasteiger partial charge in [-0.15, -0.1) is 0 Å². The van der Waals surface area contributed by atoms with Gasteiger partial charge in [-0.05, 0) is 30.2 Å². The highest BCUT2D eigenvalue weighted by molar-refractivity contribution is 5.98. The van der Waals surface area contributed by atoms with E-state index in [0.717, 1.165) is 11.1 Å². The number of fused-ring (bicyclic) bond motifs is 2. The summed E-state index contributed by atoms with van der Waals surface area (Å²) in [4.78, 5) is 30.0. The molecule has 0 radical (unpaired) electrons. The molecule has 3 aromatic heterocycles. The quantitative estimate of drug-likeness (QED) is 0.619. The van der Waals surface area contributed by atoms with E-state index in [1.54, 1.807) is 23.9 Å². The average Bonchev–Trinajstić information content (AvgIpc) is 3.01.